The van der Waals surface area contributed by atoms with Gasteiger partial charge in [0.25, 0.3) is 5.09 Å². The highest BCUT2D eigenvalue weighted by molar-refractivity contribution is 7.90. The van der Waals surface area contributed by atoms with Crippen LogP contribution in [-0.4, -0.2) is 13.4 Å². The molecule has 1 heterocycles. The summed E-state index contributed by atoms with van der Waals surface area (Å²) in [5, 5.41) is 9.39. The number of oxazole rings is 1. The molecule has 0 saturated carbocycles. The number of aromatic nitrogens is 1. The number of nitriles is 1. The van der Waals surface area contributed by atoms with Crippen LogP contribution in [-0.2, 0) is 15.6 Å². The smallest absolute Gasteiger partial charge is 0.257 e. The fraction of sp³-hybridized carbons (Fsp3) is 0.0588. The van der Waals surface area contributed by atoms with E-state index in [2.05, 4.69) is 4.98 Å². The van der Waals surface area contributed by atoms with Crippen molar-refractivity contribution in [2.24, 2.45) is 0 Å². The highest BCUT2D eigenvalue weighted by Crippen LogP contribution is 2.28. The monoisotopic (exact) mass is 392 g/mol. The lowest BCUT2D eigenvalue weighted by Gasteiger charge is -2.03. The highest BCUT2D eigenvalue weighted by atomic mass is 35.5. The predicted octanol–water partition coefficient (Wildman–Crippen LogP) is 4.49. The van der Waals surface area contributed by atoms with Crippen molar-refractivity contribution in [2.45, 2.75) is 10.8 Å². The van der Waals surface area contributed by atoms with Gasteiger partial charge < -0.3 is 4.42 Å². The van der Waals surface area contributed by atoms with Gasteiger partial charge in [-0.25, -0.2) is 8.42 Å². The van der Waals surface area contributed by atoms with E-state index in [0.29, 0.717) is 21.2 Å². The Kier molecular flexibility index (Phi) is 4.82. The molecule has 5 nitrogen and oxygen atoms in total. The van der Waals surface area contributed by atoms with Crippen LogP contribution in [0.4, 0.5) is 0 Å². The normalized spacial score (nSPS) is 11.2. The van der Waals surface area contributed by atoms with Gasteiger partial charge in [-0.15, -0.1) is 0 Å². The maximum absolute atomic E-state index is 12.7. The molecule has 0 spiro atoms. The van der Waals surface area contributed by atoms with Gasteiger partial charge in [0.15, 0.2) is 5.69 Å². The fourth-order valence-corrected chi connectivity index (χ4v) is 4.17. The predicted molar refractivity (Wildman–Crippen MR) is 94.0 cm³/mol. The van der Waals surface area contributed by atoms with Crippen molar-refractivity contribution in [1.82, 2.24) is 4.98 Å². The first-order chi connectivity index (χ1) is 11.9. The molecule has 0 aliphatic rings. The Bertz CT molecular complexity index is 1050. The second-order valence-corrected chi connectivity index (χ2v) is 7.93. The number of sulfone groups is 1. The topological polar surface area (TPSA) is 84.0 Å². The third kappa shape index (κ3) is 3.85. The zero-order valence-electron chi connectivity index (χ0n) is 12.6. The number of rotatable bonds is 4. The van der Waals surface area contributed by atoms with Crippen LogP contribution >= 0.6 is 23.2 Å². The molecule has 3 aromatic rings. The Morgan fingerprint density at radius 1 is 1.08 bits per heavy atom. The Balaban J connectivity index is 2.02. The van der Waals surface area contributed by atoms with E-state index in [9.17, 15) is 13.7 Å². The summed E-state index contributed by atoms with van der Waals surface area (Å²) in [4.78, 5) is 3.98. The average Bonchev–Trinajstić information content (AvgIpc) is 2.99. The van der Waals surface area contributed by atoms with Gasteiger partial charge in [0.1, 0.15) is 6.07 Å². The van der Waals surface area contributed by atoms with Crippen LogP contribution in [0.5, 0.6) is 0 Å². The maximum Gasteiger partial charge on any atom is 0.257 e. The minimum Gasteiger partial charge on any atom is -0.423 e. The minimum absolute atomic E-state index is 0.0693. The molecule has 0 aliphatic heterocycles. The molecule has 0 bridgehead atoms. The van der Waals surface area contributed by atoms with Gasteiger partial charge in [-0.3, -0.25) is 0 Å². The van der Waals surface area contributed by atoms with E-state index in [1.165, 1.54) is 18.2 Å². The van der Waals surface area contributed by atoms with E-state index in [-0.39, 0.29) is 11.6 Å². The molecule has 25 heavy (non-hydrogen) atoms. The second kappa shape index (κ2) is 6.89. The lowest BCUT2D eigenvalue weighted by molar-refractivity contribution is 0.457. The standard InChI is InChI=1S/C17H10Cl2N2O3S/c18-13-6-11(7-14(19)8-13)10-25(22,23)17-15(9-20)21-16(24-17)12-4-2-1-3-5-12/h1-8H,10H2. The molecule has 0 unspecified atom stereocenters. The van der Waals surface area contributed by atoms with Crippen molar-refractivity contribution in [3.05, 3.63) is 69.8 Å². The Morgan fingerprint density at radius 3 is 2.32 bits per heavy atom. The molecule has 126 valence electrons. The van der Waals surface area contributed by atoms with Gasteiger partial charge in [-0.05, 0) is 35.9 Å². The molecule has 3 rings (SSSR count). The lowest BCUT2D eigenvalue weighted by atomic mass is 10.2. The summed E-state index contributed by atoms with van der Waals surface area (Å²) in [5.41, 5.74) is 0.678. The summed E-state index contributed by atoms with van der Waals surface area (Å²) in [5.74, 6) is -0.342. The number of benzene rings is 2. The molecule has 1 aromatic heterocycles. The summed E-state index contributed by atoms with van der Waals surface area (Å²) in [6.45, 7) is 0. The number of halogens is 2. The van der Waals surface area contributed by atoms with Crippen molar-refractivity contribution in [3.8, 4) is 17.5 Å². The quantitative estimate of drug-likeness (QED) is 0.652. The van der Waals surface area contributed by atoms with Crippen LogP contribution in [0, 0.1) is 11.3 Å². The third-order valence-electron chi connectivity index (χ3n) is 3.28. The van der Waals surface area contributed by atoms with Crippen LogP contribution in [0.3, 0.4) is 0 Å². The average molecular weight is 393 g/mol. The van der Waals surface area contributed by atoms with Gasteiger partial charge in [-0.1, -0.05) is 41.4 Å². The summed E-state index contributed by atoms with van der Waals surface area (Å²) in [6, 6.07) is 15.0. The van der Waals surface area contributed by atoms with Gasteiger partial charge >= 0.3 is 0 Å². The van der Waals surface area contributed by atoms with Crippen LogP contribution < -0.4 is 0 Å². The molecule has 0 saturated heterocycles. The molecule has 2 aromatic carbocycles. The number of nitrogens with zero attached hydrogens (tertiary/aromatic N) is 2. The van der Waals surface area contributed by atoms with Crippen LogP contribution in [0.25, 0.3) is 11.5 Å². The van der Waals surface area contributed by atoms with Crippen molar-refractivity contribution in [3.63, 3.8) is 0 Å². The van der Waals surface area contributed by atoms with Crippen molar-refractivity contribution >= 4 is 33.0 Å². The van der Waals surface area contributed by atoms with Crippen LogP contribution in [0.1, 0.15) is 11.3 Å². The largest absolute Gasteiger partial charge is 0.423 e. The summed E-state index contributed by atoms with van der Waals surface area (Å²) >= 11 is 11.8. The molecule has 0 N–H and O–H groups in total. The molecule has 0 atom stereocenters. The number of hydrogen-bond donors (Lipinski definition) is 0. The summed E-state index contributed by atoms with van der Waals surface area (Å²) < 4.78 is 30.8. The van der Waals surface area contributed by atoms with E-state index in [4.69, 9.17) is 27.6 Å². The van der Waals surface area contributed by atoms with Crippen molar-refractivity contribution < 1.29 is 12.8 Å². The van der Waals surface area contributed by atoms with E-state index < -0.39 is 20.7 Å². The fourth-order valence-electron chi connectivity index (χ4n) is 2.27. The second-order valence-electron chi connectivity index (χ2n) is 5.17. The Hall–Kier alpha value is -2.33. The zero-order chi connectivity index (χ0) is 18.0. The third-order valence-corrected chi connectivity index (χ3v) is 5.28. The molecule has 0 fully saturated rings. The Morgan fingerprint density at radius 2 is 1.72 bits per heavy atom. The van der Waals surface area contributed by atoms with Crippen LogP contribution in [0.2, 0.25) is 10.0 Å². The highest BCUT2D eigenvalue weighted by Gasteiger charge is 2.27. The summed E-state index contributed by atoms with van der Waals surface area (Å²) in [7, 11) is -3.95. The molecular weight excluding hydrogens is 383 g/mol. The molecule has 0 amide bonds. The maximum atomic E-state index is 12.7. The first-order valence-electron chi connectivity index (χ1n) is 7.03. The summed E-state index contributed by atoms with van der Waals surface area (Å²) in [6.07, 6.45) is 0. The van der Waals surface area contributed by atoms with Gasteiger partial charge in [0, 0.05) is 15.6 Å². The van der Waals surface area contributed by atoms with E-state index >= 15 is 0 Å². The lowest BCUT2D eigenvalue weighted by Crippen LogP contribution is -2.06. The first kappa shape index (κ1) is 17.5. The molecule has 8 heteroatoms. The van der Waals surface area contributed by atoms with Crippen LogP contribution in [0.15, 0.2) is 58.0 Å². The SMILES string of the molecule is N#Cc1nc(-c2ccccc2)oc1S(=O)(=O)Cc1cc(Cl)cc(Cl)c1. The Labute approximate surface area is 154 Å². The van der Waals surface area contributed by atoms with Crippen molar-refractivity contribution in [1.29, 1.82) is 5.26 Å². The first-order valence-corrected chi connectivity index (χ1v) is 9.44. The van der Waals surface area contributed by atoms with Gasteiger partial charge in [0.2, 0.25) is 15.7 Å². The van der Waals surface area contributed by atoms with E-state index in [1.54, 1.807) is 36.4 Å². The van der Waals surface area contributed by atoms with Gasteiger partial charge in [0.05, 0.1) is 5.75 Å². The minimum atomic E-state index is -3.95. The van der Waals surface area contributed by atoms with Gasteiger partial charge in [-0.2, -0.15) is 10.2 Å². The molecular formula is C17H10Cl2N2O3S. The van der Waals surface area contributed by atoms with E-state index in [0.717, 1.165) is 0 Å². The van der Waals surface area contributed by atoms with E-state index in [1.807, 2.05) is 0 Å². The molecule has 0 radical (unpaired) electrons. The van der Waals surface area contributed by atoms with Crippen molar-refractivity contribution in [2.75, 3.05) is 0 Å². The number of hydrogen-bond acceptors (Lipinski definition) is 5. The molecule has 0 aliphatic carbocycles. The zero-order valence-corrected chi connectivity index (χ0v) is 14.9.